The first-order valence-corrected chi connectivity index (χ1v) is 7.90. The van der Waals surface area contributed by atoms with E-state index < -0.39 is 21.8 Å². The van der Waals surface area contributed by atoms with Gasteiger partial charge in [0.25, 0.3) is 5.91 Å². The molecule has 2 N–H and O–H groups in total. The molecule has 19 heavy (non-hydrogen) atoms. The third kappa shape index (κ3) is 3.44. The molecule has 104 valence electrons. The first kappa shape index (κ1) is 13.8. The summed E-state index contributed by atoms with van der Waals surface area (Å²) < 4.78 is 22.9. The smallest absolute Gasteiger partial charge is 0.256 e. The van der Waals surface area contributed by atoms with Crippen molar-refractivity contribution in [3.8, 4) is 0 Å². The van der Waals surface area contributed by atoms with Gasteiger partial charge in [-0.3, -0.25) is 9.59 Å². The van der Waals surface area contributed by atoms with Crippen molar-refractivity contribution < 1.29 is 13.2 Å². The Balaban J connectivity index is 2.11. The normalized spacial score (nSPS) is 21.8. The highest BCUT2D eigenvalue weighted by atomic mass is 32.2. The molecule has 2 heterocycles. The molecule has 1 saturated heterocycles. The number of carbonyl (C=O) groups is 1. The first-order chi connectivity index (χ1) is 8.87. The molecular formula is C12H16N2O4S. The zero-order valence-electron chi connectivity index (χ0n) is 10.6. The second-order valence-corrected chi connectivity index (χ2v) is 7.05. The van der Waals surface area contributed by atoms with Crippen LogP contribution in [-0.2, 0) is 9.84 Å². The van der Waals surface area contributed by atoms with Crippen LogP contribution in [0, 0.1) is 6.92 Å². The van der Waals surface area contributed by atoms with Crippen LogP contribution in [0.5, 0.6) is 0 Å². The van der Waals surface area contributed by atoms with Crippen molar-refractivity contribution in [1.82, 2.24) is 10.3 Å². The van der Waals surface area contributed by atoms with E-state index in [0.29, 0.717) is 18.5 Å². The molecule has 1 aliphatic heterocycles. The zero-order valence-corrected chi connectivity index (χ0v) is 11.4. The van der Waals surface area contributed by atoms with Crippen LogP contribution in [-0.4, -0.2) is 36.9 Å². The fourth-order valence-electron chi connectivity index (χ4n) is 2.15. The highest BCUT2D eigenvalue weighted by molar-refractivity contribution is 7.91. The van der Waals surface area contributed by atoms with Gasteiger partial charge in [0, 0.05) is 24.0 Å². The van der Waals surface area contributed by atoms with Gasteiger partial charge in [-0.2, -0.15) is 0 Å². The summed E-state index contributed by atoms with van der Waals surface area (Å²) in [6.45, 7) is 1.72. The van der Waals surface area contributed by atoms with E-state index in [4.69, 9.17) is 0 Å². The number of hydrogen-bond acceptors (Lipinski definition) is 4. The minimum atomic E-state index is -3.08. The Morgan fingerprint density at radius 3 is 2.84 bits per heavy atom. The maximum Gasteiger partial charge on any atom is 0.256 e. The van der Waals surface area contributed by atoms with Crippen LogP contribution in [0.3, 0.4) is 0 Å². The fourth-order valence-corrected chi connectivity index (χ4v) is 3.79. The van der Waals surface area contributed by atoms with Gasteiger partial charge in [-0.15, -0.1) is 0 Å². The first-order valence-electron chi connectivity index (χ1n) is 6.08. The lowest BCUT2D eigenvalue weighted by Crippen LogP contribution is -2.44. The molecule has 1 amide bonds. The number of sulfone groups is 1. The van der Waals surface area contributed by atoms with Crippen LogP contribution < -0.4 is 10.7 Å². The Hall–Kier alpha value is -1.63. The largest absolute Gasteiger partial charge is 0.364 e. The Kier molecular flexibility index (Phi) is 3.75. The van der Waals surface area contributed by atoms with Gasteiger partial charge in [0.05, 0.1) is 11.5 Å². The van der Waals surface area contributed by atoms with Crippen molar-refractivity contribution in [1.29, 1.82) is 0 Å². The van der Waals surface area contributed by atoms with Gasteiger partial charge in [-0.1, -0.05) is 0 Å². The van der Waals surface area contributed by atoms with Crippen molar-refractivity contribution in [2.45, 2.75) is 25.8 Å². The van der Waals surface area contributed by atoms with E-state index in [-0.39, 0.29) is 22.5 Å². The van der Waals surface area contributed by atoms with Crippen molar-refractivity contribution in [2.24, 2.45) is 0 Å². The molecule has 7 heteroatoms. The van der Waals surface area contributed by atoms with Gasteiger partial charge in [0.2, 0.25) is 0 Å². The molecule has 0 aromatic carbocycles. The topological polar surface area (TPSA) is 96.1 Å². The number of amides is 1. The Morgan fingerprint density at radius 2 is 2.21 bits per heavy atom. The second kappa shape index (κ2) is 5.16. The van der Waals surface area contributed by atoms with E-state index in [1.807, 2.05) is 0 Å². The number of pyridine rings is 1. The molecule has 2 rings (SSSR count). The molecule has 1 fully saturated rings. The van der Waals surface area contributed by atoms with E-state index in [9.17, 15) is 18.0 Å². The average Bonchev–Trinajstić information content (AvgIpc) is 2.27. The summed E-state index contributed by atoms with van der Waals surface area (Å²) in [6.07, 6.45) is 2.51. The fraction of sp³-hybridized carbons (Fsp3) is 0.500. The number of rotatable bonds is 2. The van der Waals surface area contributed by atoms with E-state index in [1.54, 1.807) is 6.92 Å². The lowest BCUT2D eigenvalue weighted by atomic mass is 10.1. The highest BCUT2D eigenvalue weighted by Crippen LogP contribution is 2.12. The molecule has 0 spiro atoms. The minimum absolute atomic E-state index is 0.00794. The molecule has 1 aromatic heterocycles. The number of aromatic amines is 1. The monoisotopic (exact) mass is 284 g/mol. The van der Waals surface area contributed by atoms with Crippen molar-refractivity contribution in [2.75, 3.05) is 11.5 Å². The van der Waals surface area contributed by atoms with Crippen LogP contribution in [0.25, 0.3) is 0 Å². The van der Waals surface area contributed by atoms with Gasteiger partial charge in [-0.05, 0) is 19.8 Å². The molecule has 0 aliphatic carbocycles. The number of aryl methyl sites for hydroxylation is 1. The summed E-state index contributed by atoms with van der Waals surface area (Å²) in [7, 11) is -3.08. The third-order valence-electron chi connectivity index (χ3n) is 3.10. The Bertz CT molecular complexity index is 648. The summed E-state index contributed by atoms with van der Waals surface area (Å²) >= 11 is 0. The van der Waals surface area contributed by atoms with Crippen LogP contribution in [0.15, 0.2) is 17.1 Å². The lowest BCUT2D eigenvalue weighted by Gasteiger charge is -2.22. The van der Waals surface area contributed by atoms with E-state index in [2.05, 4.69) is 10.3 Å². The number of nitrogens with one attached hydrogen (secondary N) is 2. The SMILES string of the molecule is Cc1cc(=O)c(C(=O)NC2CCCS(=O)(=O)C2)c[nH]1. The Morgan fingerprint density at radius 1 is 1.47 bits per heavy atom. The summed E-state index contributed by atoms with van der Waals surface area (Å²) in [4.78, 5) is 26.4. The standard InChI is InChI=1S/C12H16N2O4S/c1-8-5-11(15)10(6-13-8)12(16)14-9-3-2-4-19(17,18)7-9/h5-6,9H,2-4,7H2,1H3,(H,13,15)(H,14,16). The molecule has 1 unspecified atom stereocenters. The van der Waals surface area contributed by atoms with Gasteiger partial charge in [0.1, 0.15) is 5.56 Å². The molecule has 1 aromatic rings. The minimum Gasteiger partial charge on any atom is -0.364 e. The van der Waals surface area contributed by atoms with Crippen LogP contribution in [0.2, 0.25) is 0 Å². The van der Waals surface area contributed by atoms with Gasteiger partial charge in [0.15, 0.2) is 15.3 Å². The summed E-state index contributed by atoms with van der Waals surface area (Å²) in [5, 5.41) is 2.61. The number of hydrogen-bond donors (Lipinski definition) is 2. The molecule has 0 saturated carbocycles. The van der Waals surface area contributed by atoms with Crippen LogP contribution in [0.4, 0.5) is 0 Å². The lowest BCUT2D eigenvalue weighted by molar-refractivity contribution is 0.0937. The van der Waals surface area contributed by atoms with E-state index in [1.165, 1.54) is 12.3 Å². The predicted molar refractivity (Wildman–Crippen MR) is 70.9 cm³/mol. The van der Waals surface area contributed by atoms with Crippen molar-refractivity contribution >= 4 is 15.7 Å². The second-order valence-electron chi connectivity index (χ2n) is 4.82. The van der Waals surface area contributed by atoms with E-state index >= 15 is 0 Å². The number of carbonyl (C=O) groups excluding carboxylic acids is 1. The van der Waals surface area contributed by atoms with Gasteiger partial charge in [-0.25, -0.2) is 8.42 Å². The zero-order chi connectivity index (χ0) is 14.0. The Labute approximate surface area is 111 Å². The molecule has 1 atom stereocenters. The molecule has 1 aliphatic rings. The quantitative estimate of drug-likeness (QED) is 0.798. The van der Waals surface area contributed by atoms with E-state index in [0.717, 1.165) is 0 Å². The summed E-state index contributed by atoms with van der Waals surface area (Å²) in [6, 6.07) is 0.930. The summed E-state index contributed by atoms with van der Waals surface area (Å²) in [5.74, 6) is -0.407. The number of H-pyrrole nitrogens is 1. The summed E-state index contributed by atoms with van der Waals surface area (Å²) in [5.41, 5.74) is 0.308. The van der Waals surface area contributed by atoms with Crippen molar-refractivity contribution in [3.05, 3.63) is 33.7 Å². The van der Waals surface area contributed by atoms with Crippen molar-refractivity contribution in [3.63, 3.8) is 0 Å². The molecule has 6 nitrogen and oxygen atoms in total. The molecule has 0 radical (unpaired) electrons. The highest BCUT2D eigenvalue weighted by Gasteiger charge is 2.26. The maximum absolute atomic E-state index is 11.9. The third-order valence-corrected chi connectivity index (χ3v) is 4.92. The predicted octanol–water partition coefficient (Wildman–Crippen LogP) is -0.00968. The van der Waals surface area contributed by atoms with Crippen LogP contribution >= 0.6 is 0 Å². The molecular weight excluding hydrogens is 268 g/mol. The van der Waals surface area contributed by atoms with Gasteiger partial charge < -0.3 is 10.3 Å². The molecule has 0 bridgehead atoms. The number of aromatic nitrogens is 1. The van der Waals surface area contributed by atoms with Crippen LogP contribution in [0.1, 0.15) is 28.9 Å². The maximum atomic E-state index is 11.9. The average molecular weight is 284 g/mol. The van der Waals surface area contributed by atoms with Gasteiger partial charge >= 0.3 is 0 Å².